The molecular formula is C11H16N2O7PS+. The second kappa shape index (κ2) is 6.61. The summed E-state index contributed by atoms with van der Waals surface area (Å²) < 4.78 is 28.3. The van der Waals surface area contributed by atoms with Crippen molar-refractivity contribution in [1.29, 1.82) is 0 Å². The van der Waals surface area contributed by atoms with Gasteiger partial charge in [-0.05, 0) is 11.5 Å². The molecule has 0 saturated carbocycles. The molecule has 9 nitrogen and oxygen atoms in total. The standard InChI is InChI=1S/C11H15N2O7PS/c1-6-4-13(10(16)12-9(6)15)8-3-7(20-21(17)22)11(5-14,18-2)19-8/h4,7-8,14H,3,5H2,1-2H3,(H-,12,15,16,17,22)/p+1/t7-,8-,11-/m1/s1. The zero-order valence-electron chi connectivity index (χ0n) is 11.9. The lowest BCUT2D eigenvalue weighted by atomic mass is 10.1. The van der Waals surface area contributed by atoms with Crippen molar-refractivity contribution in [1.82, 2.24) is 9.55 Å². The molecule has 1 aromatic rings. The van der Waals surface area contributed by atoms with E-state index in [1.165, 1.54) is 20.2 Å². The Morgan fingerprint density at radius 3 is 2.86 bits per heavy atom. The van der Waals surface area contributed by atoms with Gasteiger partial charge >= 0.3 is 12.9 Å². The number of hydrogen-bond donors (Lipinski definition) is 3. The van der Waals surface area contributed by atoms with Crippen LogP contribution >= 0.6 is 19.5 Å². The number of aromatic amines is 1. The van der Waals surface area contributed by atoms with Crippen LogP contribution in [-0.2, 0) is 18.6 Å². The Bertz CT molecular complexity index is 684. The van der Waals surface area contributed by atoms with Crippen LogP contribution in [0.4, 0.5) is 0 Å². The van der Waals surface area contributed by atoms with E-state index in [0.29, 0.717) is 5.56 Å². The first-order valence-electron chi connectivity index (χ1n) is 6.31. The molecule has 11 heteroatoms. The molecule has 0 amide bonds. The Hall–Kier alpha value is -1.03. The topological polar surface area (TPSA) is 120 Å². The Kier molecular flexibility index (Phi) is 5.21. The number of aliphatic hydroxyl groups excluding tert-OH is 1. The van der Waals surface area contributed by atoms with Gasteiger partial charge in [-0.3, -0.25) is 14.3 Å². The number of nitrogens with one attached hydrogen (secondary N) is 1. The quantitative estimate of drug-likeness (QED) is 0.507. The number of aromatic nitrogens is 2. The highest BCUT2D eigenvalue weighted by molar-refractivity contribution is 8.39. The van der Waals surface area contributed by atoms with Crippen LogP contribution in [-0.4, -0.2) is 40.3 Å². The minimum Gasteiger partial charge on any atom is -0.391 e. The van der Waals surface area contributed by atoms with Crippen molar-refractivity contribution in [3.63, 3.8) is 0 Å². The molecule has 22 heavy (non-hydrogen) atoms. The molecule has 0 bridgehead atoms. The van der Waals surface area contributed by atoms with Gasteiger partial charge in [-0.1, -0.05) is 0 Å². The molecule has 1 aliphatic heterocycles. The first-order chi connectivity index (χ1) is 10.3. The fourth-order valence-electron chi connectivity index (χ4n) is 2.30. The summed E-state index contributed by atoms with van der Waals surface area (Å²) in [5.41, 5.74) is -0.843. The minimum absolute atomic E-state index is 0.0847. The van der Waals surface area contributed by atoms with Gasteiger partial charge in [-0.15, -0.1) is 4.52 Å². The molecular weight excluding hydrogens is 335 g/mol. The second-order valence-corrected chi connectivity index (χ2v) is 6.46. The van der Waals surface area contributed by atoms with Gasteiger partial charge in [0.1, 0.15) is 25.1 Å². The summed E-state index contributed by atoms with van der Waals surface area (Å²) in [6.45, 7) is 0.969. The van der Waals surface area contributed by atoms with Gasteiger partial charge < -0.3 is 14.6 Å². The molecule has 0 spiro atoms. The third-order valence-corrected chi connectivity index (χ3v) is 4.20. The first kappa shape index (κ1) is 17.3. The smallest absolute Gasteiger partial charge is 0.391 e. The van der Waals surface area contributed by atoms with Crippen molar-refractivity contribution in [3.8, 4) is 0 Å². The summed E-state index contributed by atoms with van der Waals surface area (Å²) >= 11 is 3.67. The van der Waals surface area contributed by atoms with Crippen LogP contribution in [0, 0.1) is 6.92 Å². The molecule has 1 saturated heterocycles. The van der Waals surface area contributed by atoms with Crippen LogP contribution in [0.25, 0.3) is 0 Å². The van der Waals surface area contributed by atoms with Crippen LogP contribution < -0.4 is 11.2 Å². The van der Waals surface area contributed by atoms with Crippen LogP contribution in [0.15, 0.2) is 15.8 Å². The first-order valence-corrected chi connectivity index (χ1v) is 8.65. The maximum Gasteiger partial charge on any atom is 0.582 e. The molecule has 0 aromatic carbocycles. The van der Waals surface area contributed by atoms with Gasteiger partial charge in [0.05, 0.1) is 0 Å². The van der Waals surface area contributed by atoms with Crippen LogP contribution in [0.5, 0.6) is 0 Å². The fourth-order valence-corrected chi connectivity index (χ4v) is 3.11. The van der Waals surface area contributed by atoms with E-state index in [0.717, 1.165) is 4.57 Å². The van der Waals surface area contributed by atoms with E-state index in [4.69, 9.17) is 14.0 Å². The van der Waals surface area contributed by atoms with E-state index in [-0.39, 0.29) is 6.42 Å². The van der Waals surface area contributed by atoms with Crippen molar-refractivity contribution in [2.75, 3.05) is 13.7 Å². The molecule has 122 valence electrons. The highest BCUT2D eigenvalue weighted by Gasteiger charge is 2.54. The molecule has 4 atom stereocenters. The Balaban J connectivity index is 2.39. The molecule has 0 aliphatic carbocycles. The Labute approximate surface area is 131 Å². The number of nitrogens with zero attached hydrogens (tertiary/aromatic N) is 1. The lowest BCUT2D eigenvalue weighted by molar-refractivity contribution is -0.265. The van der Waals surface area contributed by atoms with Crippen molar-refractivity contribution >= 4 is 19.5 Å². The predicted octanol–water partition coefficient (Wildman–Crippen LogP) is 0.0713. The van der Waals surface area contributed by atoms with E-state index in [9.17, 15) is 19.3 Å². The van der Waals surface area contributed by atoms with E-state index in [1.54, 1.807) is 0 Å². The number of rotatable bonds is 5. The lowest BCUT2D eigenvalue weighted by Crippen LogP contribution is -2.45. The molecule has 0 radical (unpaired) electrons. The molecule has 1 aliphatic rings. The molecule has 1 fully saturated rings. The van der Waals surface area contributed by atoms with E-state index < -0.39 is 43.2 Å². The van der Waals surface area contributed by atoms with Crippen molar-refractivity contribution in [2.24, 2.45) is 0 Å². The summed E-state index contributed by atoms with van der Waals surface area (Å²) in [5, 5.41) is 9.54. The fraction of sp³-hybridized carbons (Fsp3) is 0.636. The van der Waals surface area contributed by atoms with Gasteiger partial charge in [0.15, 0.2) is 6.10 Å². The normalized spacial score (nSPS) is 28.8. The SMILES string of the molecule is CO[C@]1(CO)O[C@@H](n2cc(C)c(=O)[nH]c2=O)C[C@H]1O[P+](=O)S. The van der Waals surface area contributed by atoms with Crippen LogP contribution in [0.1, 0.15) is 18.2 Å². The van der Waals surface area contributed by atoms with Gasteiger partial charge in [-0.25, -0.2) is 4.79 Å². The van der Waals surface area contributed by atoms with Crippen LogP contribution in [0.2, 0.25) is 0 Å². The van der Waals surface area contributed by atoms with Crippen molar-refractivity contribution in [2.45, 2.75) is 31.5 Å². The largest absolute Gasteiger partial charge is 0.582 e. The summed E-state index contributed by atoms with van der Waals surface area (Å²) in [4.78, 5) is 25.5. The molecule has 2 N–H and O–H groups in total. The predicted molar refractivity (Wildman–Crippen MR) is 79.1 cm³/mol. The maximum absolute atomic E-state index is 11.9. The minimum atomic E-state index is -2.26. The van der Waals surface area contributed by atoms with E-state index in [2.05, 4.69) is 17.2 Å². The summed E-state index contributed by atoms with van der Waals surface area (Å²) in [7, 11) is -0.967. The van der Waals surface area contributed by atoms with Crippen molar-refractivity contribution in [3.05, 3.63) is 32.6 Å². The Morgan fingerprint density at radius 1 is 1.64 bits per heavy atom. The number of methoxy groups -OCH3 is 1. The average Bonchev–Trinajstić information content (AvgIpc) is 2.81. The third-order valence-electron chi connectivity index (χ3n) is 3.48. The number of thiol groups is 1. The van der Waals surface area contributed by atoms with Gasteiger partial charge in [-0.2, -0.15) is 0 Å². The van der Waals surface area contributed by atoms with Crippen molar-refractivity contribution < 1.29 is 23.7 Å². The molecule has 2 heterocycles. The maximum atomic E-state index is 11.9. The zero-order chi connectivity index (χ0) is 16.5. The summed E-state index contributed by atoms with van der Waals surface area (Å²) in [6.07, 6.45) is -0.329. The number of aliphatic hydroxyl groups is 1. The van der Waals surface area contributed by atoms with Crippen LogP contribution in [0.3, 0.4) is 0 Å². The lowest BCUT2D eigenvalue weighted by Gasteiger charge is -2.27. The van der Waals surface area contributed by atoms with E-state index >= 15 is 0 Å². The zero-order valence-corrected chi connectivity index (χ0v) is 13.7. The Morgan fingerprint density at radius 2 is 2.32 bits per heavy atom. The summed E-state index contributed by atoms with van der Waals surface area (Å²) in [5.74, 6) is -1.57. The highest BCUT2D eigenvalue weighted by Crippen LogP contribution is 2.43. The number of aryl methyl sites for hydroxylation is 1. The van der Waals surface area contributed by atoms with Gasteiger partial charge in [0.25, 0.3) is 5.56 Å². The molecule has 1 aromatic heterocycles. The second-order valence-electron chi connectivity index (χ2n) is 4.79. The summed E-state index contributed by atoms with van der Waals surface area (Å²) in [6, 6.07) is 0. The molecule has 1 unspecified atom stereocenters. The highest BCUT2D eigenvalue weighted by atomic mass is 32.7. The average molecular weight is 351 g/mol. The number of hydrogen-bond acceptors (Lipinski definition) is 7. The van der Waals surface area contributed by atoms with E-state index in [1.807, 2.05) is 0 Å². The van der Waals surface area contributed by atoms with Gasteiger partial charge in [0.2, 0.25) is 5.79 Å². The monoisotopic (exact) mass is 351 g/mol. The molecule has 2 rings (SSSR count). The van der Waals surface area contributed by atoms with Gasteiger partial charge in [0, 0.05) is 25.3 Å². The third kappa shape index (κ3) is 3.17. The number of ether oxygens (including phenoxy) is 2. The number of H-pyrrole nitrogens is 1.